The van der Waals surface area contributed by atoms with E-state index in [9.17, 15) is 4.79 Å². The number of hydrogen-bond acceptors (Lipinski definition) is 3. The Morgan fingerprint density at radius 2 is 2.31 bits per heavy atom. The van der Waals surface area contributed by atoms with Gasteiger partial charge in [-0.2, -0.15) is 11.8 Å². The zero-order chi connectivity index (χ0) is 12.0. The number of amides is 2. The Morgan fingerprint density at radius 3 is 2.88 bits per heavy atom. The number of ether oxygens (including phenoxy) is 1. The van der Waals surface area contributed by atoms with Gasteiger partial charge in [-0.05, 0) is 26.0 Å². The predicted octanol–water partition coefficient (Wildman–Crippen LogP) is 1.60. The second kappa shape index (κ2) is 7.01. The van der Waals surface area contributed by atoms with Crippen LogP contribution in [0.4, 0.5) is 4.79 Å². The number of thioether (sulfide) groups is 1. The van der Waals surface area contributed by atoms with E-state index in [4.69, 9.17) is 4.74 Å². The Morgan fingerprint density at radius 1 is 1.56 bits per heavy atom. The van der Waals surface area contributed by atoms with Crippen LogP contribution in [0.25, 0.3) is 0 Å². The molecule has 1 aliphatic heterocycles. The summed E-state index contributed by atoms with van der Waals surface area (Å²) < 4.78 is 5.52. The Labute approximate surface area is 102 Å². The summed E-state index contributed by atoms with van der Waals surface area (Å²) in [5.41, 5.74) is 0. The zero-order valence-corrected chi connectivity index (χ0v) is 11.1. The van der Waals surface area contributed by atoms with Crippen molar-refractivity contribution in [2.75, 3.05) is 19.4 Å². The van der Waals surface area contributed by atoms with Crippen molar-refractivity contribution in [3.63, 3.8) is 0 Å². The van der Waals surface area contributed by atoms with Crippen molar-refractivity contribution in [2.24, 2.45) is 0 Å². The van der Waals surface area contributed by atoms with Gasteiger partial charge in [-0.1, -0.05) is 6.92 Å². The molecule has 0 bridgehead atoms. The average Bonchev–Trinajstić information content (AvgIpc) is 2.79. The molecular weight excluding hydrogens is 224 g/mol. The summed E-state index contributed by atoms with van der Waals surface area (Å²) in [6.07, 6.45) is 4.37. The Balaban J connectivity index is 2.17. The van der Waals surface area contributed by atoms with E-state index in [2.05, 4.69) is 17.6 Å². The molecule has 0 saturated carbocycles. The quantitative estimate of drug-likeness (QED) is 0.775. The molecule has 1 saturated heterocycles. The highest BCUT2D eigenvalue weighted by atomic mass is 32.2. The summed E-state index contributed by atoms with van der Waals surface area (Å²) in [4.78, 5) is 11.5. The fraction of sp³-hybridized carbons (Fsp3) is 0.909. The first-order valence-electron chi connectivity index (χ1n) is 5.82. The summed E-state index contributed by atoms with van der Waals surface area (Å²) in [6, 6.07) is -0.00372. The van der Waals surface area contributed by atoms with Crippen molar-refractivity contribution in [3.05, 3.63) is 0 Å². The molecule has 0 aromatic rings. The van der Waals surface area contributed by atoms with E-state index in [1.54, 1.807) is 11.8 Å². The maximum atomic E-state index is 11.5. The maximum Gasteiger partial charge on any atom is 0.315 e. The van der Waals surface area contributed by atoms with Crippen LogP contribution in [0.5, 0.6) is 0 Å². The third-order valence-corrected chi connectivity index (χ3v) is 3.81. The van der Waals surface area contributed by atoms with Crippen molar-refractivity contribution in [1.29, 1.82) is 0 Å². The average molecular weight is 246 g/mol. The van der Waals surface area contributed by atoms with Gasteiger partial charge >= 0.3 is 6.03 Å². The van der Waals surface area contributed by atoms with Gasteiger partial charge in [0, 0.05) is 18.4 Å². The minimum absolute atomic E-state index is 0.0899. The molecule has 0 aromatic carbocycles. The van der Waals surface area contributed by atoms with Crippen LogP contribution in [0.2, 0.25) is 0 Å². The molecule has 0 radical (unpaired) electrons. The molecule has 2 N–H and O–H groups in total. The van der Waals surface area contributed by atoms with E-state index in [0.29, 0.717) is 11.8 Å². The lowest BCUT2D eigenvalue weighted by Gasteiger charge is -2.20. The van der Waals surface area contributed by atoms with Crippen LogP contribution < -0.4 is 10.6 Å². The lowest BCUT2D eigenvalue weighted by Crippen LogP contribution is -2.47. The first-order valence-corrected chi connectivity index (χ1v) is 7.11. The van der Waals surface area contributed by atoms with E-state index in [0.717, 1.165) is 19.4 Å². The van der Waals surface area contributed by atoms with E-state index >= 15 is 0 Å². The molecule has 94 valence electrons. The minimum Gasteiger partial charge on any atom is -0.376 e. The van der Waals surface area contributed by atoms with Crippen molar-refractivity contribution < 1.29 is 9.53 Å². The van der Waals surface area contributed by atoms with E-state index < -0.39 is 0 Å². The monoisotopic (exact) mass is 246 g/mol. The van der Waals surface area contributed by atoms with Gasteiger partial charge in [-0.25, -0.2) is 4.79 Å². The fourth-order valence-corrected chi connectivity index (χ4v) is 1.92. The lowest BCUT2D eigenvalue weighted by molar-refractivity contribution is 0.0860. The van der Waals surface area contributed by atoms with Crippen LogP contribution in [0.1, 0.15) is 26.7 Å². The molecule has 1 heterocycles. The Bertz CT molecular complexity index is 220. The van der Waals surface area contributed by atoms with Gasteiger partial charge in [0.05, 0.1) is 12.1 Å². The summed E-state index contributed by atoms with van der Waals surface area (Å²) >= 11 is 1.74. The topological polar surface area (TPSA) is 50.4 Å². The molecule has 3 atom stereocenters. The van der Waals surface area contributed by atoms with Crippen molar-refractivity contribution in [3.8, 4) is 0 Å². The number of carbonyl (C=O) groups is 1. The number of hydrogen-bond donors (Lipinski definition) is 2. The van der Waals surface area contributed by atoms with Crippen LogP contribution in [0.3, 0.4) is 0 Å². The minimum atomic E-state index is -0.0936. The Hall–Kier alpha value is -0.420. The number of nitrogens with one attached hydrogen (secondary N) is 2. The number of rotatable bonds is 5. The number of urea groups is 1. The molecular formula is C11H22N2O2S. The van der Waals surface area contributed by atoms with Gasteiger partial charge in [-0.3, -0.25) is 0 Å². The summed E-state index contributed by atoms with van der Waals surface area (Å²) in [5, 5.41) is 6.23. The SMILES string of the molecule is CS[C@H](C)CNC(=O)N[C@@H](C)[C@@H]1CCCO1. The maximum absolute atomic E-state index is 11.5. The van der Waals surface area contributed by atoms with Gasteiger partial charge in [0.2, 0.25) is 0 Å². The summed E-state index contributed by atoms with van der Waals surface area (Å²) in [6.45, 7) is 5.61. The van der Waals surface area contributed by atoms with Crippen LogP contribution >= 0.6 is 11.8 Å². The molecule has 1 fully saturated rings. The molecule has 4 nitrogen and oxygen atoms in total. The largest absolute Gasteiger partial charge is 0.376 e. The molecule has 1 aliphatic rings. The van der Waals surface area contributed by atoms with E-state index in [1.807, 2.05) is 13.2 Å². The third kappa shape index (κ3) is 4.61. The van der Waals surface area contributed by atoms with Crippen molar-refractivity contribution in [1.82, 2.24) is 10.6 Å². The fourth-order valence-electron chi connectivity index (χ4n) is 1.67. The van der Waals surface area contributed by atoms with Crippen LogP contribution in [-0.2, 0) is 4.74 Å². The highest BCUT2D eigenvalue weighted by molar-refractivity contribution is 7.99. The van der Waals surface area contributed by atoms with Crippen LogP contribution in [-0.4, -0.2) is 42.8 Å². The molecule has 16 heavy (non-hydrogen) atoms. The lowest BCUT2D eigenvalue weighted by atomic mass is 10.1. The second-order valence-electron chi connectivity index (χ2n) is 4.24. The van der Waals surface area contributed by atoms with Crippen molar-refractivity contribution in [2.45, 2.75) is 44.1 Å². The Kier molecular flexibility index (Phi) is 5.98. The predicted molar refractivity (Wildman–Crippen MR) is 67.9 cm³/mol. The third-order valence-electron chi connectivity index (χ3n) is 2.83. The number of carbonyl (C=O) groups excluding carboxylic acids is 1. The molecule has 0 aliphatic carbocycles. The van der Waals surface area contributed by atoms with Crippen LogP contribution in [0.15, 0.2) is 0 Å². The van der Waals surface area contributed by atoms with Gasteiger partial charge < -0.3 is 15.4 Å². The van der Waals surface area contributed by atoms with Gasteiger partial charge in [0.1, 0.15) is 0 Å². The first-order chi connectivity index (χ1) is 7.63. The summed E-state index contributed by atoms with van der Waals surface area (Å²) in [5.74, 6) is 0. The molecule has 0 spiro atoms. The molecule has 0 unspecified atom stereocenters. The molecule has 5 heteroatoms. The smallest absolute Gasteiger partial charge is 0.315 e. The highest BCUT2D eigenvalue weighted by Crippen LogP contribution is 2.15. The first kappa shape index (κ1) is 13.6. The normalized spacial score (nSPS) is 23.8. The van der Waals surface area contributed by atoms with Crippen molar-refractivity contribution >= 4 is 17.8 Å². The van der Waals surface area contributed by atoms with Gasteiger partial charge in [0.25, 0.3) is 0 Å². The molecule has 2 amide bonds. The summed E-state index contributed by atoms with van der Waals surface area (Å²) in [7, 11) is 0. The zero-order valence-electron chi connectivity index (χ0n) is 10.3. The second-order valence-corrected chi connectivity index (χ2v) is 5.52. The molecule has 1 rings (SSSR count). The van der Waals surface area contributed by atoms with Crippen LogP contribution in [0, 0.1) is 0 Å². The standard InChI is InChI=1S/C11H22N2O2S/c1-8(16-3)7-12-11(14)13-9(2)10-5-4-6-15-10/h8-10H,4-7H2,1-3H3,(H2,12,13,14)/t8-,9+,10+/m1/s1. The van der Waals surface area contributed by atoms with E-state index in [-0.39, 0.29) is 18.2 Å². The van der Waals surface area contributed by atoms with Gasteiger partial charge in [-0.15, -0.1) is 0 Å². The highest BCUT2D eigenvalue weighted by Gasteiger charge is 2.23. The van der Waals surface area contributed by atoms with Gasteiger partial charge in [0.15, 0.2) is 0 Å². The van der Waals surface area contributed by atoms with E-state index in [1.165, 1.54) is 0 Å². The molecule has 0 aromatic heterocycles.